The fourth-order valence-corrected chi connectivity index (χ4v) is 0.781. The van der Waals surface area contributed by atoms with Crippen molar-refractivity contribution in [1.29, 1.82) is 0 Å². The molecule has 1 aliphatic heterocycles. The van der Waals surface area contributed by atoms with E-state index >= 15 is 0 Å². The lowest BCUT2D eigenvalue weighted by atomic mass is 10.2. The first kappa shape index (κ1) is 7.34. The van der Waals surface area contributed by atoms with Crippen molar-refractivity contribution in [3.8, 4) is 0 Å². The van der Waals surface area contributed by atoms with Gasteiger partial charge >= 0.3 is 6.03 Å². The van der Waals surface area contributed by atoms with Crippen molar-refractivity contribution in [2.24, 2.45) is 0 Å². The normalized spacial score (nSPS) is 16.9. The smallest absolute Gasteiger partial charge is 0.324 e. The van der Waals surface area contributed by atoms with Gasteiger partial charge in [0.1, 0.15) is 0 Å². The topological polar surface area (TPSA) is 35.6 Å². The number of likely N-dealkylation sites (tertiary alicyclic amines) is 1. The SMILES string of the molecule is CN(C)NC(=O)N1CCC1. The van der Waals surface area contributed by atoms with Crippen LogP contribution in [0.3, 0.4) is 0 Å². The van der Waals surface area contributed by atoms with Gasteiger partial charge in [-0.15, -0.1) is 0 Å². The summed E-state index contributed by atoms with van der Waals surface area (Å²) in [5.41, 5.74) is 2.66. The van der Waals surface area contributed by atoms with Gasteiger partial charge in [0.15, 0.2) is 0 Å². The summed E-state index contributed by atoms with van der Waals surface area (Å²) in [7, 11) is 3.61. The van der Waals surface area contributed by atoms with Crippen LogP contribution in [0.25, 0.3) is 0 Å². The van der Waals surface area contributed by atoms with Crippen LogP contribution < -0.4 is 5.43 Å². The highest BCUT2D eigenvalue weighted by Crippen LogP contribution is 2.04. The van der Waals surface area contributed by atoms with Crippen LogP contribution in [0, 0.1) is 0 Å². The Balaban J connectivity index is 2.20. The minimum atomic E-state index is 0.0104. The highest BCUT2D eigenvalue weighted by molar-refractivity contribution is 5.74. The quantitative estimate of drug-likeness (QED) is 0.519. The number of nitrogens with one attached hydrogen (secondary N) is 1. The first-order valence-corrected chi connectivity index (χ1v) is 3.43. The maximum absolute atomic E-state index is 11.0. The van der Waals surface area contributed by atoms with Crippen LogP contribution >= 0.6 is 0 Å². The average Bonchev–Trinajstić information content (AvgIpc) is 1.55. The summed E-state index contributed by atoms with van der Waals surface area (Å²) in [5, 5.41) is 1.65. The Morgan fingerprint density at radius 1 is 1.50 bits per heavy atom. The van der Waals surface area contributed by atoms with Crippen LogP contribution in [0.4, 0.5) is 4.79 Å². The summed E-state index contributed by atoms with van der Waals surface area (Å²) in [4.78, 5) is 12.8. The predicted octanol–water partition coefficient (Wildman–Crippen LogP) is -0.122. The van der Waals surface area contributed by atoms with Gasteiger partial charge in [0.05, 0.1) is 0 Å². The van der Waals surface area contributed by atoms with Crippen LogP contribution in [0.15, 0.2) is 0 Å². The van der Waals surface area contributed by atoms with Crippen molar-refractivity contribution in [1.82, 2.24) is 15.3 Å². The van der Waals surface area contributed by atoms with Gasteiger partial charge in [0.2, 0.25) is 0 Å². The molecule has 0 radical (unpaired) electrons. The fourth-order valence-electron chi connectivity index (χ4n) is 0.781. The molecule has 4 heteroatoms. The number of nitrogens with zero attached hydrogens (tertiary/aromatic N) is 2. The van der Waals surface area contributed by atoms with Crippen molar-refractivity contribution in [3.63, 3.8) is 0 Å². The third kappa shape index (κ3) is 1.60. The van der Waals surface area contributed by atoms with Gasteiger partial charge < -0.3 is 4.90 Å². The molecule has 2 amide bonds. The first-order chi connectivity index (χ1) is 4.70. The molecule has 0 aromatic heterocycles. The second kappa shape index (κ2) is 2.88. The molecule has 0 aromatic rings. The Morgan fingerprint density at radius 2 is 2.10 bits per heavy atom. The molecular weight excluding hydrogens is 130 g/mol. The molecule has 1 fully saturated rings. The predicted molar refractivity (Wildman–Crippen MR) is 38.4 cm³/mol. The number of carbonyl (C=O) groups is 1. The van der Waals surface area contributed by atoms with E-state index in [0.29, 0.717) is 0 Å². The Kier molecular flexibility index (Phi) is 2.11. The molecule has 1 aliphatic rings. The summed E-state index contributed by atoms with van der Waals surface area (Å²) in [6.07, 6.45) is 1.14. The average molecular weight is 143 g/mol. The zero-order chi connectivity index (χ0) is 7.56. The van der Waals surface area contributed by atoms with Crippen LogP contribution in [0.5, 0.6) is 0 Å². The lowest BCUT2D eigenvalue weighted by Gasteiger charge is -2.31. The molecule has 10 heavy (non-hydrogen) atoms. The Hall–Kier alpha value is -0.770. The minimum Gasteiger partial charge on any atom is -0.324 e. The van der Waals surface area contributed by atoms with Gasteiger partial charge in [-0.2, -0.15) is 0 Å². The molecule has 4 nitrogen and oxygen atoms in total. The Labute approximate surface area is 60.8 Å². The van der Waals surface area contributed by atoms with E-state index in [2.05, 4.69) is 5.43 Å². The summed E-state index contributed by atoms with van der Waals surface area (Å²) in [5.74, 6) is 0. The highest BCUT2D eigenvalue weighted by Gasteiger charge is 2.19. The van der Waals surface area contributed by atoms with Crippen LogP contribution in [0.2, 0.25) is 0 Å². The number of rotatable bonds is 1. The molecule has 1 saturated heterocycles. The lowest BCUT2D eigenvalue weighted by molar-refractivity contribution is 0.144. The molecule has 1 N–H and O–H groups in total. The number of amides is 2. The van der Waals surface area contributed by atoms with E-state index < -0.39 is 0 Å². The van der Waals surface area contributed by atoms with E-state index in [4.69, 9.17) is 0 Å². The molecule has 0 aromatic carbocycles. The van der Waals surface area contributed by atoms with Crippen LogP contribution in [0.1, 0.15) is 6.42 Å². The van der Waals surface area contributed by atoms with Crippen molar-refractivity contribution >= 4 is 6.03 Å². The number of hydrogen-bond acceptors (Lipinski definition) is 2. The molecule has 0 bridgehead atoms. The molecular formula is C6H13N3O. The van der Waals surface area contributed by atoms with E-state index in [1.807, 2.05) is 0 Å². The molecule has 58 valence electrons. The van der Waals surface area contributed by atoms with Crippen molar-refractivity contribution in [2.75, 3.05) is 27.2 Å². The Morgan fingerprint density at radius 3 is 2.40 bits per heavy atom. The van der Waals surface area contributed by atoms with E-state index in [0.717, 1.165) is 19.5 Å². The number of hydrazine groups is 1. The standard InChI is InChI=1S/C6H13N3O/c1-8(2)7-6(10)9-4-3-5-9/h3-5H2,1-2H3,(H,7,10). The monoisotopic (exact) mass is 143 g/mol. The van der Waals surface area contributed by atoms with Gasteiger partial charge in [-0.05, 0) is 6.42 Å². The van der Waals surface area contributed by atoms with Crippen molar-refractivity contribution in [3.05, 3.63) is 0 Å². The van der Waals surface area contributed by atoms with Crippen molar-refractivity contribution < 1.29 is 4.79 Å². The summed E-state index contributed by atoms with van der Waals surface area (Å²) >= 11 is 0. The van der Waals surface area contributed by atoms with Gasteiger partial charge in [0, 0.05) is 27.2 Å². The lowest BCUT2D eigenvalue weighted by Crippen LogP contribution is -2.51. The van der Waals surface area contributed by atoms with Crippen LogP contribution in [-0.4, -0.2) is 43.1 Å². The second-order valence-electron chi connectivity index (χ2n) is 2.65. The number of carbonyl (C=O) groups excluding carboxylic acids is 1. The highest BCUT2D eigenvalue weighted by atomic mass is 16.2. The van der Waals surface area contributed by atoms with E-state index in [9.17, 15) is 4.79 Å². The maximum Gasteiger partial charge on any atom is 0.331 e. The van der Waals surface area contributed by atoms with E-state index in [-0.39, 0.29) is 6.03 Å². The molecule has 0 atom stereocenters. The van der Waals surface area contributed by atoms with E-state index in [1.54, 1.807) is 24.0 Å². The van der Waals surface area contributed by atoms with Gasteiger partial charge in [-0.1, -0.05) is 0 Å². The molecule has 0 unspecified atom stereocenters. The van der Waals surface area contributed by atoms with E-state index in [1.165, 1.54) is 0 Å². The second-order valence-corrected chi connectivity index (χ2v) is 2.65. The zero-order valence-corrected chi connectivity index (χ0v) is 6.42. The largest absolute Gasteiger partial charge is 0.331 e. The van der Waals surface area contributed by atoms with Gasteiger partial charge in [-0.25, -0.2) is 9.80 Å². The van der Waals surface area contributed by atoms with Crippen LogP contribution in [-0.2, 0) is 0 Å². The number of urea groups is 1. The minimum absolute atomic E-state index is 0.0104. The summed E-state index contributed by atoms with van der Waals surface area (Å²) in [6, 6.07) is 0.0104. The summed E-state index contributed by atoms with van der Waals surface area (Å²) in [6.45, 7) is 1.80. The molecule has 0 spiro atoms. The third-order valence-corrected chi connectivity index (χ3v) is 1.46. The van der Waals surface area contributed by atoms with Crippen molar-refractivity contribution in [2.45, 2.75) is 6.42 Å². The third-order valence-electron chi connectivity index (χ3n) is 1.46. The fraction of sp³-hybridized carbons (Fsp3) is 0.833. The molecule has 0 saturated carbocycles. The van der Waals surface area contributed by atoms with Gasteiger partial charge in [-0.3, -0.25) is 5.43 Å². The Bertz CT molecular complexity index is 131. The summed E-state index contributed by atoms with van der Waals surface area (Å²) < 4.78 is 0. The molecule has 1 heterocycles. The first-order valence-electron chi connectivity index (χ1n) is 3.43. The molecule has 1 rings (SSSR count). The maximum atomic E-state index is 11.0. The molecule has 0 aliphatic carbocycles. The number of hydrogen-bond donors (Lipinski definition) is 1. The van der Waals surface area contributed by atoms with Gasteiger partial charge in [0.25, 0.3) is 0 Å². The zero-order valence-electron chi connectivity index (χ0n) is 6.42.